The second-order valence-corrected chi connectivity index (χ2v) is 2.32. The second kappa shape index (κ2) is 5.10. The number of carbonyl (C=O) groups excluding carboxylic acids is 1. The summed E-state index contributed by atoms with van der Waals surface area (Å²) in [5, 5.41) is 0. The highest BCUT2D eigenvalue weighted by Crippen LogP contribution is 1.96. The molecule has 0 aliphatic rings. The lowest BCUT2D eigenvalue weighted by atomic mass is 10.5. The molecule has 0 aliphatic heterocycles. The van der Waals surface area contributed by atoms with Crippen molar-refractivity contribution in [3.63, 3.8) is 0 Å². The number of nitrogens with zero attached hydrogens (tertiary/aromatic N) is 1. The smallest absolute Gasteiger partial charge is 0.264 e. The number of rotatable bonds is 4. The SMILES string of the molecule is COCC(=O)NNc1ccccn1. The van der Waals surface area contributed by atoms with E-state index < -0.39 is 0 Å². The molecular weight excluding hydrogens is 170 g/mol. The first kappa shape index (κ1) is 9.47. The molecule has 1 amide bonds. The normalized spacial score (nSPS) is 9.31. The number of pyridine rings is 1. The standard InChI is InChI=1S/C8H11N3O2/c1-13-6-8(12)11-10-7-4-2-3-5-9-7/h2-5H,6H2,1H3,(H,9,10)(H,11,12). The van der Waals surface area contributed by atoms with E-state index in [-0.39, 0.29) is 12.5 Å². The minimum absolute atomic E-state index is 0.0276. The molecule has 5 heteroatoms. The van der Waals surface area contributed by atoms with Crippen LogP contribution in [0.4, 0.5) is 5.82 Å². The van der Waals surface area contributed by atoms with Crippen molar-refractivity contribution < 1.29 is 9.53 Å². The molecule has 13 heavy (non-hydrogen) atoms. The Balaban J connectivity index is 2.31. The van der Waals surface area contributed by atoms with Crippen LogP contribution < -0.4 is 10.9 Å². The number of ether oxygens (including phenoxy) is 1. The van der Waals surface area contributed by atoms with Crippen LogP contribution in [0.2, 0.25) is 0 Å². The third-order valence-corrected chi connectivity index (χ3v) is 1.27. The molecular formula is C8H11N3O2. The van der Waals surface area contributed by atoms with Crippen LogP contribution in [-0.4, -0.2) is 24.6 Å². The van der Waals surface area contributed by atoms with Crippen molar-refractivity contribution in [3.8, 4) is 0 Å². The third-order valence-electron chi connectivity index (χ3n) is 1.27. The van der Waals surface area contributed by atoms with Gasteiger partial charge in [0.15, 0.2) is 0 Å². The van der Waals surface area contributed by atoms with E-state index in [9.17, 15) is 4.79 Å². The number of anilines is 1. The van der Waals surface area contributed by atoms with Crippen LogP contribution in [0.1, 0.15) is 0 Å². The zero-order valence-corrected chi connectivity index (χ0v) is 7.28. The number of methoxy groups -OCH3 is 1. The Kier molecular flexibility index (Phi) is 3.72. The molecule has 2 N–H and O–H groups in total. The first-order chi connectivity index (χ1) is 6.33. The highest BCUT2D eigenvalue weighted by atomic mass is 16.5. The number of nitrogens with one attached hydrogen (secondary N) is 2. The van der Waals surface area contributed by atoms with Crippen LogP contribution in [-0.2, 0) is 9.53 Å². The number of aromatic nitrogens is 1. The maximum absolute atomic E-state index is 10.9. The predicted molar refractivity (Wildman–Crippen MR) is 47.9 cm³/mol. The van der Waals surface area contributed by atoms with Gasteiger partial charge in [0.2, 0.25) is 0 Å². The average Bonchev–Trinajstić information content (AvgIpc) is 2.17. The van der Waals surface area contributed by atoms with Crippen LogP contribution >= 0.6 is 0 Å². The van der Waals surface area contributed by atoms with Gasteiger partial charge in [0.25, 0.3) is 5.91 Å². The molecule has 5 nitrogen and oxygen atoms in total. The summed E-state index contributed by atoms with van der Waals surface area (Å²) in [6, 6.07) is 5.35. The van der Waals surface area contributed by atoms with Gasteiger partial charge in [-0.3, -0.25) is 15.6 Å². The molecule has 70 valence electrons. The fourth-order valence-corrected chi connectivity index (χ4v) is 0.738. The largest absolute Gasteiger partial charge is 0.375 e. The molecule has 0 unspecified atom stereocenters. The molecule has 0 bridgehead atoms. The molecule has 1 aromatic rings. The van der Waals surface area contributed by atoms with E-state index in [1.54, 1.807) is 18.3 Å². The van der Waals surface area contributed by atoms with Crippen molar-refractivity contribution >= 4 is 11.7 Å². The van der Waals surface area contributed by atoms with Gasteiger partial charge < -0.3 is 4.74 Å². The summed E-state index contributed by atoms with van der Waals surface area (Å²) < 4.78 is 4.62. The van der Waals surface area contributed by atoms with E-state index in [1.165, 1.54) is 7.11 Å². The number of hydrogen-bond donors (Lipinski definition) is 2. The number of hydrogen-bond acceptors (Lipinski definition) is 4. The Hall–Kier alpha value is -1.62. The van der Waals surface area contributed by atoms with Gasteiger partial charge in [0.1, 0.15) is 12.4 Å². The second-order valence-electron chi connectivity index (χ2n) is 2.32. The van der Waals surface area contributed by atoms with Crippen molar-refractivity contribution in [2.24, 2.45) is 0 Å². The molecule has 0 aliphatic carbocycles. The van der Waals surface area contributed by atoms with Gasteiger partial charge in [0.05, 0.1) is 0 Å². The molecule has 0 spiro atoms. The van der Waals surface area contributed by atoms with Crippen molar-refractivity contribution in [3.05, 3.63) is 24.4 Å². The van der Waals surface area contributed by atoms with Gasteiger partial charge >= 0.3 is 0 Å². The third kappa shape index (κ3) is 3.53. The number of carbonyl (C=O) groups is 1. The van der Waals surface area contributed by atoms with Gasteiger partial charge in [-0.2, -0.15) is 0 Å². The Morgan fingerprint density at radius 1 is 1.62 bits per heavy atom. The van der Waals surface area contributed by atoms with Crippen LogP contribution in [0.5, 0.6) is 0 Å². The van der Waals surface area contributed by atoms with E-state index in [4.69, 9.17) is 0 Å². The quantitative estimate of drug-likeness (QED) is 0.650. The molecule has 1 aromatic heterocycles. The highest BCUT2D eigenvalue weighted by molar-refractivity contribution is 5.78. The van der Waals surface area contributed by atoms with Gasteiger partial charge in [-0.05, 0) is 12.1 Å². The number of hydrazine groups is 1. The maximum atomic E-state index is 10.9. The number of amides is 1. The molecule has 1 rings (SSSR count). The lowest BCUT2D eigenvalue weighted by molar-refractivity contribution is -0.124. The molecule has 0 atom stereocenters. The average molecular weight is 181 g/mol. The lowest BCUT2D eigenvalue weighted by Crippen LogP contribution is -2.32. The summed E-state index contributed by atoms with van der Waals surface area (Å²) >= 11 is 0. The van der Waals surface area contributed by atoms with E-state index in [0.717, 1.165) is 0 Å². The van der Waals surface area contributed by atoms with Gasteiger partial charge in [-0.15, -0.1) is 0 Å². The minimum Gasteiger partial charge on any atom is -0.375 e. The molecule has 0 radical (unpaired) electrons. The van der Waals surface area contributed by atoms with Gasteiger partial charge in [-0.1, -0.05) is 6.07 Å². The van der Waals surface area contributed by atoms with Crippen LogP contribution in [0, 0.1) is 0 Å². The summed E-state index contributed by atoms with van der Waals surface area (Å²) in [7, 11) is 1.46. The van der Waals surface area contributed by atoms with Gasteiger partial charge in [0, 0.05) is 13.3 Å². The zero-order valence-electron chi connectivity index (χ0n) is 7.28. The summed E-state index contributed by atoms with van der Waals surface area (Å²) in [6.07, 6.45) is 1.63. The predicted octanol–water partition coefficient (Wildman–Crippen LogP) is 0.171. The monoisotopic (exact) mass is 181 g/mol. The lowest BCUT2D eigenvalue weighted by Gasteiger charge is -2.05. The fraction of sp³-hybridized carbons (Fsp3) is 0.250. The molecule has 0 aromatic carbocycles. The van der Waals surface area contributed by atoms with Crippen molar-refractivity contribution in [1.29, 1.82) is 0 Å². The van der Waals surface area contributed by atoms with Crippen LogP contribution in [0.25, 0.3) is 0 Å². The van der Waals surface area contributed by atoms with Crippen LogP contribution in [0.3, 0.4) is 0 Å². The molecule has 0 saturated carbocycles. The van der Waals surface area contributed by atoms with E-state index >= 15 is 0 Å². The zero-order chi connectivity index (χ0) is 9.52. The van der Waals surface area contributed by atoms with Crippen molar-refractivity contribution in [1.82, 2.24) is 10.4 Å². The highest BCUT2D eigenvalue weighted by Gasteiger charge is 1.97. The Morgan fingerprint density at radius 3 is 3.08 bits per heavy atom. The first-order valence-electron chi connectivity index (χ1n) is 3.78. The molecule has 0 fully saturated rings. The maximum Gasteiger partial charge on any atom is 0.264 e. The van der Waals surface area contributed by atoms with Gasteiger partial charge in [-0.25, -0.2) is 4.98 Å². The van der Waals surface area contributed by atoms with Crippen molar-refractivity contribution in [2.75, 3.05) is 19.1 Å². The van der Waals surface area contributed by atoms with E-state index in [1.807, 2.05) is 6.07 Å². The summed E-state index contributed by atoms with van der Waals surface area (Å²) in [4.78, 5) is 14.8. The fourth-order valence-electron chi connectivity index (χ4n) is 0.738. The van der Waals surface area contributed by atoms with Crippen LogP contribution in [0.15, 0.2) is 24.4 Å². The first-order valence-corrected chi connectivity index (χ1v) is 3.78. The van der Waals surface area contributed by atoms with Crippen molar-refractivity contribution in [2.45, 2.75) is 0 Å². The topological polar surface area (TPSA) is 63.2 Å². The Morgan fingerprint density at radius 2 is 2.46 bits per heavy atom. The van der Waals surface area contributed by atoms with E-state index in [0.29, 0.717) is 5.82 Å². The molecule has 0 saturated heterocycles. The Labute approximate surface area is 76.1 Å². The minimum atomic E-state index is -0.242. The molecule has 1 heterocycles. The summed E-state index contributed by atoms with van der Waals surface area (Å²) in [5.41, 5.74) is 5.06. The summed E-state index contributed by atoms with van der Waals surface area (Å²) in [5.74, 6) is 0.347. The van der Waals surface area contributed by atoms with E-state index in [2.05, 4.69) is 20.6 Å². The summed E-state index contributed by atoms with van der Waals surface area (Å²) in [6.45, 7) is 0.0276. The Bertz CT molecular complexity index is 263.